The third-order valence-electron chi connectivity index (χ3n) is 18.3. The van der Waals surface area contributed by atoms with Crippen LogP contribution >= 0.6 is 0 Å². The zero-order valence-corrected chi connectivity index (χ0v) is 43.7. The van der Waals surface area contributed by atoms with Crippen LogP contribution in [0.25, 0.3) is 65.7 Å². The number of allylic oxidation sites excluding steroid dienone is 6. The molecule has 0 radical (unpaired) electrons. The first-order valence-electron chi connectivity index (χ1n) is 27.3. The lowest BCUT2D eigenvalue weighted by Crippen LogP contribution is -2.39. The summed E-state index contributed by atoms with van der Waals surface area (Å²) in [7, 11) is 0. The van der Waals surface area contributed by atoms with Crippen molar-refractivity contribution in [1.82, 2.24) is 5.32 Å². The second-order valence-electron chi connectivity index (χ2n) is 22.6. The molecule has 1 aliphatic heterocycles. The molecule has 1 saturated heterocycles. The van der Waals surface area contributed by atoms with Gasteiger partial charge in [0.25, 0.3) is 0 Å². The average Bonchev–Trinajstić information content (AvgIpc) is 3.81. The van der Waals surface area contributed by atoms with Crippen LogP contribution in [-0.4, -0.2) is 13.1 Å². The number of nitrogens with one attached hydrogen (secondary N) is 1. The van der Waals surface area contributed by atoms with Gasteiger partial charge in [0.1, 0.15) is 0 Å². The van der Waals surface area contributed by atoms with Gasteiger partial charge in [0.05, 0.1) is 5.41 Å². The van der Waals surface area contributed by atoms with E-state index in [1.54, 1.807) is 22.3 Å². The molecule has 0 unspecified atom stereocenters. The highest BCUT2D eigenvalue weighted by molar-refractivity contribution is 6.06. The van der Waals surface area contributed by atoms with Crippen molar-refractivity contribution < 1.29 is 0 Å². The van der Waals surface area contributed by atoms with E-state index in [4.69, 9.17) is 0 Å². The second kappa shape index (κ2) is 17.6. The molecule has 0 bridgehead atoms. The number of rotatable bonds is 0. The first-order valence-corrected chi connectivity index (χ1v) is 27.3. The summed E-state index contributed by atoms with van der Waals surface area (Å²) in [6.45, 7) is 15.5. The summed E-state index contributed by atoms with van der Waals surface area (Å²) in [6, 6.07) is 55.5. The molecule has 15 rings (SSSR count). The Morgan fingerprint density at radius 1 is 0.329 bits per heavy atom. The summed E-state index contributed by atoms with van der Waals surface area (Å²) in [5, 5.41) is 11.9. The Morgan fingerprint density at radius 2 is 0.726 bits per heavy atom. The molecule has 9 aromatic rings. The number of benzene rings is 9. The van der Waals surface area contributed by atoms with E-state index in [9.17, 15) is 0 Å². The molecular formula is C72H67N. The highest BCUT2D eigenvalue weighted by atomic mass is 14.9. The highest BCUT2D eigenvalue weighted by Crippen LogP contribution is 2.59. The van der Waals surface area contributed by atoms with E-state index in [2.05, 4.69) is 229 Å². The van der Waals surface area contributed by atoms with Gasteiger partial charge in [-0.1, -0.05) is 218 Å². The predicted molar refractivity (Wildman–Crippen MR) is 312 cm³/mol. The van der Waals surface area contributed by atoms with Crippen molar-refractivity contribution in [3.63, 3.8) is 0 Å². The van der Waals surface area contributed by atoms with Crippen LogP contribution in [0.3, 0.4) is 0 Å². The maximum atomic E-state index is 3.56. The minimum atomic E-state index is -0.169. The molecule has 3 spiro atoms. The average molecular weight is 946 g/mol. The van der Waals surface area contributed by atoms with E-state index in [1.807, 2.05) is 0 Å². The third-order valence-corrected chi connectivity index (χ3v) is 18.3. The fourth-order valence-electron chi connectivity index (χ4n) is 14.8. The summed E-state index contributed by atoms with van der Waals surface area (Å²) < 4.78 is 0. The lowest BCUT2D eigenvalue weighted by molar-refractivity contribution is 0.353. The first kappa shape index (κ1) is 45.8. The van der Waals surface area contributed by atoms with Crippen LogP contribution < -0.4 is 5.32 Å². The third kappa shape index (κ3) is 6.98. The number of aryl methyl sites for hydroxylation is 6. The van der Waals surface area contributed by atoms with Crippen LogP contribution in [0.1, 0.15) is 112 Å². The quantitative estimate of drug-likeness (QED) is 0.160. The Morgan fingerprint density at radius 3 is 1.19 bits per heavy atom. The van der Waals surface area contributed by atoms with E-state index in [0.29, 0.717) is 0 Å². The summed E-state index contributed by atoms with van der Waals surface area (Å²) in [5.41, 5.74) is 26.3. The van der Waals surface area contributed by atoms with Crippen molar-refractivity contribution in [2.75, 3.05) is 13.1 Å². The zero-order chi connectivity index (χ0) is 49.6. The first-order chi connectivity index (χ1) is 35.6. The van der Waals surface area contributed by atoms with Crippen molar-refractivity contribution in [3.05, 3.63) is 249 Å². The Bertz CT molecular complexity index is 3640. The maximum Gasteiger partial charge on any atom is 0.0581 e. The Labute approximate surface area is 433 Å². The number of hydrogen-bond acceptors (Lipinski definition) is 1. The van der Waals surface area contributed by atoms with Gasteiger partial charge in [0.2, 0.25) is 0 Å². The van der Waals surface area contributed by atoms with E-state index in [0.717, 1.165) is 13.1 Å². The zero-order valence-electron chi connectivity index (χ0n) is 43.7. The molecular weight excluding hydrogens is 879 g/mol. The molecule has 2 fully saturated rings. The van der Waals surface area contributed by atoms with Gasteiger partial charge in [-0.25, -0.2) is 0 Å². The van der Waals surface area contributed by atoms with Gasteiger partial charge < -0.3 is 5.32 Å². The normalized spacial score (nSPS) is 17.3. The molecule has 6 aliphatic rings. The predicted octanol–water partition coefficient (Wildman–Crippen LogP) is 18.2. The topological polar surface area (TPSA) is 12.0 Å². The summed E-state index contributed by atoms with van der Waals surface area (Å²) in [4.78, 5) is 0. The SMILES string of the molecule is Cc1ccc2c(c1)C1(C=CC=CC=C1)c1ccc3c(C)cccc3c1-2.Cc1ccc2c(c1)C1(CCCCC1)c1ccc3c(C)cccc3c1-2.Cc1ccc2c(c1)C1(CCNCC1)c1ccc3c(C)cccc3c1-2. The van der Waals surface area contributed by atoms with E-state index in [-0.39, 0.29) is 16.2 Å². The van der Waals surface area contributed by atoms with Crippen LogP contribution in [0.2, 0.25) is 0 Å². The fourth-order valence-corrected chi connectivity index (χ4v) is 14.8. The van der Waals surface area contributed by atoms with Crippen LogP contribution in [-0.2, 0) is 16.2 Å². The molecule has 1 saturated carbocycles. The van der Waals surface area contributed by atoms with Crippen molar-refractivity contribution in [3.8, 4) is 33.4 Å². The van der Waals surface area contributed by atoms with Crippen molar-refractivity contribution in [2.24, 2.45) is 0 Å². The van der Waals surface area contributed by atoms with Crippen molar-refractivity contribution in [1.29, 1.82) is 0 Å². The van der Waals surface area contributed by atoms with Crippen LogP contribution in [0.15, 0.2) is 182 Å². The Hall–Kier alpha value is -7.06. The van der Waals surface area contributed by atoms with Gasteiger partial charge in [-0.05, 0) is 196 Å². The Kier molecular flexibility index (Phi) is 11.0. The number of hydrogen-bond donors (Lipinski definition) is 1. The van der Waals surface area contributed by atoms with Crippen LogP contribution in [0.4, 0.5) is 0 Å². The van der Waals surface area contributed by atoms with Gasteiger partial charge in [0, 0.05) is 10.8 Å². The molecule has 1 nitrogen and oxygen atoms in total. The van der Waals surface area contributed by atoms with Gasteiger partial charge >= 0.3 is 0 Å². The highest BCUT2D eigenvalue weighted by Gasteiger charge is 2.46. The molecule has 0 amide bonds. The smallest absolute Gasteiger partial charge is 0.0581 e. The number of fused-ring (bicyclic) bond motifs is 21. The van der Waals surface area contributed by atoms with Crippen LogP contribution in [0.5, 0.6) is 0 Å². The lowest BCUT2D eigenvalue weighted by Gasteiger charge is -2.36. The monoisotopic (exact) mass is 946 g/mol. The summed E-state index contributed by atoms with van der Waals surface area (Å²) in [5.74, 6) is 0. The number of piperidine rings is 1. The fraction of sp³-hybridized carbons (Fsp3) is 0.250. The van der Waals surface area contributed by atoms with E-state index < -0.39 is 0 Å². The molecule has 0 aromatic heterocycles. The van der Waals surface area contributed by atoms with E-state index in [1.165, 1.54) is 155 Å². The maximum absolute atomic E-state index is 3.56. The van der Waals surface area contributed by atoms with E-state index >= 15 is 0 Å². The van der Waals surface area contributed by atoms with Crippen LogP contribution in [0, 0.1) is 41.5 Å². The van der Waals surface area contributed by atoms with Gasteiger partial charge in [-0.3, -0.25) is 0 Å². The minimum absolute atomic E-state index is 0.169. The second-order valence-corrected chi connectivity index (χ2v) is 22.6. The van der Waals surface area contributed by atoms with Gasteiger partial charge in [-0.2, -0.15) is 0 Å². The molecule has 1 N–H and O–H groups in total. The largest absolute Gasteiger partial charge is 0.317 e. The Balaban J connectivity index is 0.000000106. The molecule has 73 heavy (non-hydrogen) atoms. The standard InChI is InChI=1S/C25H20.C24H24.C23H23N/c1-17-10-11-21-23(16-17)25(14-5-3-4-6-15-25)22-13-12-19-18(2)8-7-9-20(19)24(21)22;1-16-9-10-20-22(15-16)24(13-4-3-5-14-24)21-12-11-18-17(2)7-6-8-19(18)23(20)21;1-15-6-7-19-21(14-15)23(10-12-24-13-11-23)20-9-8-17-16(2)4-3-5-18(17)22(19)20/h3-16H,1-2H3;6-12,15H,3-5,13-14H2,1-2H3;3-9,14,24H,10-13H2,1-2H3. The van der Waals surface area contributed by atoms with Crippen molar-refractivity contribution in [2.45, 2.75) is 103 Å². The molecule has 1 heteroatoms. The molecule has 1 heterocycles. The summed E-state index contributed by atoms with van der Waals surface area (Å²) >= 11 is 0. The molecule has 9 aromatic carbocycles. The van der Waals surface area contributed by atoms with Gasteiger partial charge in [-0.15, -0.1) is 0 Å². The minimum Gasteiger partial charge on any atom is -0.317 e. The molecule has 0 atom stereocenters. The summed E-state index contributed by atoms with van der Waals surface area (Å²) in [6.07, 6.45) is 22.4. The molecule has 360 valence electrons. The van der Waals surface area contributed by atoms with Crippen molar-refractivity contribution >= 4 is 32.3 Å². The lowest BCUT2D eigenvalue weighted by atomic mass is 9.67. The molecule has 5 aliphatic carbocycles. The van der Waals surface area contributed by atoms with Gasteiger partial charge in [0.15, 0.2) is 0 Å².